The van der Waals surface area contributed by atoms with Crippen molar-refractivity contribution in [1.82, 2.24) is 5.32 Å². The third kappa shape index (κ3) is 5.55. The Bertz CT molecular complexity index is 815. The number of hydrogen-bond acceptors (Lipinski definition) is 6. The highest BCUT2D eigenvalue weighted by Gasteiger charge is 2.20. The van der Waals surface area contributed by atoms with Crippen molar-refractivity contribution >= 4 is 35.2 Å². The molecule has 0 bridgehead atoms. The van der Waals surface area contributed by atoms with E-state index in [9.17, 15) is 9.59 Å². The van der Waals surface area contributed by atoms with Gasteiger partial charge >= 0.3 is 5.97 Å². The third-order valence-electron chi connectivity index (χ3n) is 3.60. The van der Waals surface area contributed by atoms with Crippen LogP contribution in [0.15, 0.2) is 47.4 Å². The summed E-state index contributed by atoms with van der Waals surface area (Å²) in [7, 11) is 0. The minimum absolute atomic E-state index is 0.205. The van der Waals surface area contributed by atoms with Crippen LogP contribution >= 0.6 is 23.4 Å². The van der Waals surface area contributed by atoms with Crippen molar-refractivity contribution in [2.75, 3.05) is 32.1 Å². The smallest absolute Gasteiger partial charge is 0.338 e. The van der Waals surface area contributed by atoms with Crippen LogP contribution in [0.5, 0.6) is 11.5 Å². The van der Waals surface area contributed by atoms with E-state index < -0.39 is 5.97 Å². The molecule has 1 heterocycles. The molecule has 0 radical (unpaired) electrons. The summed E-state index contributed by atoms with van der Waals surface area (Å²) in [6, 6.07) is 12.8. The van der Waals surface area contributed by atoms with Crippen LogP contribution in [0.4, 0.5) is 0 Å². The van der Waals surface area contributed by atoms with Crippen LogP contribution in [0.1, 0.15) is 10.4 Å². The maximum Gasteiger partial charge on any atom is 0.338 e. The molecule has 0 fully saturated rings. The minimum atomic E-state index is -0.650. The van der Waals surface area contributed by atoms with Gasteiger partial charge in [-0.15, -0.1) is 11.8 Å². The molecule has 1 aliphatic heterocycles. The lowest BCUT2D eigenvalue weighted by molar-refractivity contribution is -0.124. The fourth-order valence-electron chi connectivity index (χ4n) is 2.37. The average Bonchev–Trinajstić information content (AvgIpc) is 2.70. The van der Waals surface area contributed by atoms with Gasteiger partial charge in [-0.2, -0.15) is 0 Å². The molecule has 2 aromatic rings. The number of halogens is 1. The van der Waals surface area contributed by atoms with E-state index >= 15 is 0 Å². The van der Waals surface area contributed by atoms with Crippen LogP contribution in [0.25, 0.3) is 0 Å². The van der Waals surface area contributed by atoms with Gasteiger partial charge in [0.25, 0.3) is 5.91 Å². The zero-order chi connectivity index (χ0) is 19.1. The van der Waals surface area contributed by atoms with Crippen molar-refractivity contribution in [3.63, 3.8) is 0 Å². The van der Waals surface area contributed by atoms with Gasteiger partial charge in [0.15, 0.2) is 18.1 Å². The second-order valence-corrected chi connectivity index (χ2v) is 7.15. The molecule has 0 spiro atoms. The van der Waals surface area contributed by atoms with Gasteiger partial charge in [0.2, 0.25) is 0 Å². The maximum atomic E-state index is 12.1. The summed E-state index contributed by atoms with van der Waals surface area (Å²) in [5.74, 6) is 0.515. The van der Waals surface area contributed by atoms with Crippen molar-refractivity contribution in [1.29, 1.82) is 0 Å². The number of nitrogens with one attached hydrogen (secondary N) is 1. The molecule has 2 aromatic carbocycles. The largest absolute Gasteiger partial charge is 0.486 e. The molecule has 142 valence electrons. The molecule has 6 nitrogen and oxygen atoms in total. The van der Waals surface area contributed by atoms with Crippen molar-refractivity contribution in [3.8, 4) is 11.5 Å². The number of ether oxygens (including phenoxy) is 3. The SMILES string of the molecule is O=C(COC(=O)c1cc(Cl)c2c(c1)OCCO2)NCCSc1ccccc1. The van der Waals surface area contributed by atoms with Crippen LogP contribution in [-0.4, -0.2) is 44.0 Å². The minimum Gasteiger partial charge on any atom is -0.486 e. The predicted molar refractivity (Wildman–Crippen MR) is 103 cm³/mol. The fourth-order valence-corrected chi connectivity index (χ4v) is 3.42. The molecular formula is C19H18ClNO5S. The summed E-state index contributed by atoms with van der Waals surface area (Å²) in [5, 5.41) is 2.98. The first kappa shape index (κ1) is 19.4. The standard InChI is InChI=1S/C19H18ClNO5S/c20-15-10-13(11-16-18(15)25-8-7-24-16)19(23)26-12-17(22)21-6-9-27-14-4-2-1-3-5-14/h1-5,10-11H,6-9,12H2,(H,21,22). The quantitative estimate of drug-likeness (QED) is 0.431. The highest BCUT2D eigenvalue weighted by molar-refractivity contribution is 7.99. The molecule has 1 N–H and O–H groups in total. The highest BCUT2D eigenvalue weighted by atomic mass is 35.5. The Labute approximate surface area is 166 Å². The number of carbonyl (C=O) groups excluding carboxylic acids is 2. The van der Waals surface area contributed by atoms with E-state index in [0.29, 0.717) is 31.3 Å². The molecule has 1 amide bonds. The van der Waals surface area contributed by atoms with E-state index in [-0.39, 0.29) is 23.1 Å². The molecule has 3 rings (SSSR count). The van der Waals surface area contributed by atoms with Gasteiger partial charge in [-0.25, -0.2) is 4.79 Å². The lowest BCUT2D eigenvalue weighted by atomic mass is 10.2. The topological polar surface area (TPSA) is 73.9 Å². The number of amides is 1. The summed E-state index contributed by atoms with van der Waals surface area (Å²) in [6.45, 7) is 0.900. The first-order valence-electron chi connectivity index (χ1n) is 8.34. The van der Waals surface area contributed by atoms with Crippen LogP contribution < -0.4 is 14.8 Å². The van der Waals surface area contributed by atoms with Gasteiger partial charge in [-0.3, -0.25) is 4.79 Å². The molecule has 0 aromatic heterocycles. The van der Waals surface area contributed by atoms with E-state index in [2.05, 4.69) is 5.32 Å². The van der Waals surface area contributed by atoms with Gasteiger partial charge in [-0.1, -0.05) is 29.8 Å². The van der Waals surface area contributed by atoms with Gasteiger partial charge < -0.3 is 19.5 Å². The van der Waals surface area contributed by atoms with Gasteiger partial charge in [-0.05, 0) is 24.3 Å². The van der Waals surface area contributed by atoms with Gasteiger partial charge in [0, 0.05) is 17.2 Å². The summed E-state index contributed by atoms with van der Waals surface area (Å²) in [6.07, 6.45) is 0. The van der Waals surface area contributed by atoms with E-state index in [1.165, 1.54) is 12.1 Å². The van der Waals surface area contributed by atoms with E-state index in [0.717, 1.165) is 10.6 Å². The highest BCUT2D eigenvalue weighted by Crippen LogP contribution is 2.38. The zero-order valence-electron chi connectivity index (χ0n) is 14.4. The Morgan fingerprint density at radius 3 is 2.74 bits per heavy atom. The van der Waals surface area contributed by atoms with Crippen LogP contribution in [0.3, 0.4) is 0 Å². The number of thioether (sulfide) groups is 1. The number of hydrogen-bond donors (Lipinski definition) is 1. The molecule has 27 heavy (non-hydrogen) atoms. The number of benzene rings is 2. The Morgan fingerprint density at radius 1 is 1.15 bits per heavy atom. The third-order valence-corrected chi connectivity index (χ3v) is 4.90. The average molecular weight is 408 g/mol. The normalized spacial score (nSPS) is 12.3. The lowest BCUT2D eigenvalue weighted by Crippen LogP contribution is -2.30. The predicted octanol–water partition coefficient (Wildman–Crippen LogP) is 3.18. The summed E-state index contributed by atoms with van der Waals surface area (Å²) < 4.78 is 15.9. The molecule has 1 aliphatic rings. The summed E-state index contributed by atoms with van der Waals surface area (Å²) in [5.41, 5.74) is 0.205. The molecule has 0 saturated carbocycles. The maximum absolute atomic E-state index is 12.1. The lowest BCUT2D eigenvalue weighted by Gasteiger charge is -2.19. The van der Waals surface area contributed by atoms with Crippen molar-refractivity contribution in [2.24, 2.45) is 0 Å². The molecular weight excluding hydrogens is 390 g/mol. The van der Waals surface area contributed by atoms with Crippen molar-refractivity contribution in [3.05, 3.63) is 53.1 Å². The Kier molecular flexibility index (Phi) is 6.84. The number of fused-ring (bicyclic) bond motifs is 1. The summed E-state index contributed by atoms with van der Waals surface area (Å²) in [4.78, 5) is 25.1. The molecule has 8 heteroatoms. The van der Waals surface area contributed by atoms with Crippen molar-refractivity contribution < 1.29 is 23.8 Å². The first-order valence-corrected chi connectivity index (χ1v) is 9.70. The monoisotopic (exact) mass is 407 g/mol. The number of esters is 1. The number of carbonyl (C=O) groups is 2. The van der Waals surface area contributed by atoms with Crippen LogP contribution in [0.2, 0.25) is 5.02 Å². The molecule has 0 aliphatic carbocycles. The Hall–Kier alpha value is -2.38. The van der Waals surface area contributed by atoms with E-state index in [4.69, 9.17) is 25.8 Å². The second-order valence-electron chi connectivity index (χ2n) is 5.57. The molecule has 0 unspecified atom stereocenters. The van der Waals surface area contributed by atoms with E-state index in [1.54, 1.807) is 11.8 Å². The van der Waals surface area contributed by atoms with E-state index in [1.807, 2.05) is 30.3 Å². The summed E-state index contributed by atoms with van der Waals surface area (Å²) >= 11 is 7.73. The van der Waals surface area contributed by atoms with Crippen LogP contribution in [-0.2, 0) is 9.53 Å². The van der Waals surface area contributed by atoms with Crippen LogP contribution in [0, 0.1) is 0 Å². The van der Waals surface area contributed by atoms with Crippen molar-refractivity contribution in [2.45, 2.75) is 4.90 Å². The number of rotatable bonds is 7. The molecule has 0 saturated heterocycles. The Balaban J connectivity index is 1.42. The Morgan fingerprint density at radius 2 is 1.93 bits per heavy atom. The second kappa shape index (κ2) is 9.53. The fraction of sp³-hybridized carbons (Fsp3) is 0.263. The van der Waals surface area contributed by atoms with Gasteiger partial charge in [0.05, 0.1) is 10.6 Å². The van der Waals surface area contributed by atoms with Gasteiger partial charge in [0.1, 0.15) is 13.2 Å². The zero-order valence-corrected chi connectivity index (χ0v) is 16.0. The first-order chi connectivity index (χ1) is 13.1. The molecule has 0 atom stereocenters.